The molecule has 1 unspecified atom stereocenters. The van der Waals surface area contributed by atoms with Gasteiger partial charge in [-0.05, 0) is 33.0 Å². The predicted octanol–water partition coefficient (Wildman–Crippen LogP) is 2.73. The van der Waals surface area contributed by atoms with Crippen molar-refractivity contribution in [1.29, 1.82) is 0 Å². The number of likely N-dealkylation sites (N-methyl/N-ethyl adjacent to an activating group) is 1. The topological polar surface area (TPSA) is 51.2 Å². The van der Waals surface area contributed by atoms with Crippen molar-refractivity contribution in [3.63, 3.8) is 0 Å². The average molecular weight is 322 g/mol. The van der Waals surface area contributed by atoms with Gasteiger partial charge >= 0.3 is 12.1 Å². The first-order valence-electron chi connectivity index (χ1n) is 6.25. The number of rotatable bonds is 6. The molecule has 0 spiro atoms. The number of aromatic nitrogens is 1. The van der Waals surface area contributed by atoms with Crippen LogP contribution in [0.4, 0.5) is 13.2 Å². The summed E-state index contributed by atoms with van der Waals surface area (Å²) < 4.78 is 42.2. The molecule has 1 N–H and O–H groups in total. The quantitative estimate of drug-likeness (QED) is 0.645. The van der Waals surface area contributed by atoms with Crippen LogP contribution in [0.5, 0.6) is 0 Å². The molecule has 118 valence electrons. The lowest BCUT2D eigenvalue weighted by atomic mass is 10.1. The Labute approximate surface area is 125 Å². The Morgan fingerprint density at radius 1 is 1.43 bits per heavy atom. The number of hydrogen-bond donors (Lipinski definition) is 1. The minimum Gasteiger partial charge on any atom is -0.465 e. The number of ether oxygens (including phenoxy) is 1. The molecule has 1 aromatic rings. The van der Waals surface area contributed by atoms with E-state index in [1.807, 2.05) is 0 Å². The largest absolute Gasteiger partial charge is 0.465 e. The van der Waals surface area contributed by atoms with Gasteiger partial charge in [-0.15, -0.1) is 11.8 Å². The van der Waals surface area contributed by atoms with E-state index in [2.05, 4.69) is 10.3 Å². The summed E-state index contributed by atoms with van der Waals surface area (Å²) in [5.41, 5.74) is -1.72. The second-order valence-corrected chi connectivity index (χ2v) is 5.47. The van der Waals surface area contributed by atoms with Gasteiger partial charge in [-0.3, -0.25) is 4.79 Å². The molecule has 1 aromatic heterocycles. The molecule has 21 heavy (non-hydrogen) atoms. The van der Waals surface area contributed by atoms with Crippen LogP contribution in [0, 0.1) is 0 Å². The van der Waals surface area contributed by atoms with E-state index in [-0.39, 0.29) is 6.61 Å². The number of carbonyl (C=O) groups excluding carboxylic acids is 1. The molecule has 8 heteroatoms. The lowest BCUT2D eigenvalue weighted by Gasteiger charge is -2.26. The maximum absolute atomic E-state index is 12.4. The molecule has 4 nitrogen and oxygen atoms in total. The Hall–Kier alpha value is -1.28. The molecule has 0 aliphatic rings. The van der Waals surface area contributed by atoms with Crippen LogP contribution in [-0.2, 0) is 15.7 Å². The van der Waals surface area contributed by atoms with Crippen LogP contribution in [0.25, 0.3) is 0 Å². The number of nitrogens with zero attached hydrogens (tertiary/aromatic N) is 1. The van der Waals surface area contributed by atoms with Crippen molar-refractivity contribution >= 4 is 17.7 Å². The molecule has 0 bridgehead atoms. The third kappa shape index (κ3) is 4.89. The maximum Gasteiger partial charge on any atom is 0.417 e. The fourth-order valence-electron chi connectivity index (χ4n) is 1.38. The summed E-state index contributed by atoms with van der Waals surface area (Å²) in [4.78, 5) is 15.6. The summed E-state index contributed by atoms with van der Waals surface area (Å²) in [5, 5.41) is 3.28. The molecule has 1 heterocycles. The molecule has 0 radical (unpaired) electrons. The number of thioether (sulfide) groups is 1. The first-order chi connectivity index (χ1) is 9.73. The molecular formula is C13H17F3N2O2S. The number of pyridine rings is 1. The van der Waals surface area contributed by atoms with Crippen molar-refractivity contribution in [2.75, 3.05) is 19.4 Å². The Balaban J connectivity index is 2.71. The first kappa shape index (κ1) is 17.8. The van der Waals surface area contributed by atoms with Gasteiger partial charge < -0.3 is 10.1 Å². The molecule has 1 atom stereocenters. The Bertz CT molecular complexity index is 479. The number of carbonyl (C=O) groups is 1. The molecule has 0 amide bonds. The van der Waals surface area contributed by atoms with Crippen LogP contribution < -0.4 is 5.32 Å². The molecule has 0 aromatic carbocycles. The monoisotopic (exact) mass is 322 g/mol. The second-order valence-electron chi connectivity index (χ2n) is 4.47. The van der Waals surface area contributed by atoms with E-state index in [0.717, 1.165) is 12.3 Å². The van der Waals surface area contributed by atoms with Gasteiger partial charge in [-0.1, -0.05) is 0 Å². The molecule has 0 fully saturated rings. The van der Waals surface area contributed by atoms with Crippen molar-refractivity contribution in [1.82, 2.24) is 10.3 Å². The Morgan fingerprint density at radius 3 is 2.52 bits per heavy atom. The van der Waals surface area contributed by atoms with Crippen LogP contribution in [0.1, 0.15) is 19.4 Å². The number of esters is 1. The zero-order chi connectivity index (χ0) is 16.1. The van der Waals surface area contributed by atoms with Crippen LogP contribution in [0.15, 0.2) is 23.4 Å². The average Bonchev–Trinajstić information content (AvgIpc) is 2.44. The van der Waals surface area contributed by atoms with Crippen LogP contribution in [0.2, 0.25) is 0 Å². The van der Waals surface area contributed by atoms with Crippen molar-refractivity contribution in [3.05, 3.63) is 23.9 Å². The molecule has 0 saturated carbocycles. The van der Waals surface area contributed by atoms with Gasteiger partial charge in [0.2, 0.25) is 0 Å². The first-order valence-corrected chi connectivity index (χ1v) is 7.23. The van der Waals surface area contributed by atoms with Crippen molar-refractivity contribution in [3.8, 4) is 0 Å². The summed E-state index contributed by atoms with van der Waals surface area (Å²) in [6.45, 7) is 3.64. The summed E-state index contributed by atoms with van der Waals surface area (Å²) in [6, 6.07) is 2.26. The van der Waals surface area contributed by atoms with Crippen LogP contribution >= 0.6 is 11.8 Å². The van der Waals surface area contributed by atoms with Gasteiger partial charge in [-0.25, -0.2) is 4.98 Å². The Kier molecular flexibility index (Phi) is 6.03. The minimum absolute atomic E-state index is 0.263. The summed E-state index contributed by atoms with van der Waals surface area (Å²) in [7, 11) is 1.62. The number of halogens is 3. The van der Waals surface area contributed by atoms with Gasteiger partial charge in [0.15, 0.2) is 0 Å². The zero-order valence-electron chi connectivity index (χ0n) is 12.0. The van der Waals surface area contributed by atoms with Crippen molar-refractivity contribution in [2.24, 2.45) is 0 Å². The fraction of sp³-hybridized carbons (Fsp3) is 0.538. The highest BCUT2D eigenvalue weighted by Crippen LogP contribution is 2.30. The molecule has 0 aliphatic carbocycles. The minimum atomic E-state index is -4.40. The fourth-order valence-corrected chi connectivity index (χ4v) is 2.37. The van der Waals surface area contributed by atoms with E-state index < -0.39 is 23.2 Å². The lowest BCUT2D eigenvalue weighted by Crippen LogP contribution is -2.50. The smallest absolute Gasteiger partial charge is 0.417 e. The van der Waals surface area contributed by atoms with Crippen molar-refractivity contribution in [2.45, 2.75) is 30.6 Å². The van der Waals surface area contributed by atoms with E-state index in [1.165, 1.54) is 17.8 Å². The highest BCUT2D eigenvalue weighted by atomic mass is 32.2. The van der Waals surface area contributed by atoms with Gasteiger partial charge in [0.25, 0.3) is 0 Å². The second kappa shape index (κ2) is 7.13. The van der Waals surface area contributed by atoms with Gasteiger partial charge in [0.05, 0.1) is 17.2 Å². The molecule has 1 rings (SSSR count). The third-order valence-corrected chi connectivity index (χ3v) is 4.11. The van der Waals surface area contributed by atoms with Crippen molar-refractivity contribution < 1.29 is 22.7 Å². The predicted molar refractivity (Wildman–Crippen MR) is 74.1 cm³/mol. The zero-order valence-corrected chi connectivity index (χ0v) is 12.8. The molecule has 0 saturated heterocycles. The number of hydrogen-bond acceptors (Lipinski definition) is 5. The SMILES string of the molecule is CCOC(=O)C(C)(CSc1ccc(C(F)(F)F)cn1)NC. The molecule has 0 aliphatic heterocycles. The number of nitrogens with one attached hydrogen (secondary N) is 1. The van der Waals surface area contributed by atoms with E-state index in [9.17, 15) is 18.0 Å². The van der Waals surface area contributed by atoms with Crippen LogP contribution in [0.3, 0.4) is 0 Å². The van der Waals surface area contributed by atoms with E-state index in [1.54, 1.807) is 20.9 Å². The highest BCUT2D eigenvalue weighted by molar-refractivity contribution is 7.99. The molecular weight excluding hydrogens is 305 g/mol. The summed E-state index contributed by atoms with van der Waals surface area (Å²) in [6.07, 6.45) is -3.62. The van der Waals surface area contributed by atoms with Crippen LogP contribution in [-0.4, -0.2) is 35.9 Å². The number of alkyl halides is 3. The van der Waals surface area contributed by atoms with E-state index in [4.69, 9.17) is 4.74 Å². The van der Waals surface area contributed by atoms with E-state index in [0.29, 0.717) is 10.8 Å². The maximum atomic E-state index is 12.4. The normalized spacial score (nSPS) is 14.6. The van der Waals surface area contributed by atoms with Gasteiger partial charge in [0, 0.05) is 11.9 Å². The highest BCUT2D eigenvalue weighted by Gasteiger charge is 2.34. The summed E-state index contributed by atoms with van der Waals surface area (Å²) >= 11 is 1.18. The third-order valence-electron chi connectivity index (χ3n) is 2.85. The standard InChI is InChI=1S/C13H17F3N2O2S/c1-4-20-11(19)12(2,17-3)8-21-10-6-5-9(7-18-10)13(14,15)16/h5-7,17H,4,8H2,1-3H3. The van der Waals surface area contributed by atoms with Gasteiger partial charge in [-0.2, -0.15) is 13.2 Å². The lowest BCUT2D eigenvalue weighted by molar-refractivity contribution is -0.149. The Morgan fingerprint density at radius 2 is 2.10 bits per heavy atom. The van der Waals surface area contributed by atoms with E-state index >= 15 is 0 Å². The summed E-state index contributed by atoms with van der Waals surface area (Å²) in [5.74, 6) is -0.118. The van der Waals surface area contributed by atoms with Gasteiger partial charge in [0.1, 0.15) is 5.54 Å².